The Morgan fingerprint density at radius 1 is 0.960 bits per heavy atom. The molecule has 0 spiro atoms. The number of hydrogen-bond acceptors (Lipinski definition) is 5. The summed E-state index contributed by atoms with van der Waals surface area (Å²) in [6, 6.07) is 12.6. The van der Waals surface area contributed by atoms with Crippen LogP contribution < -0.4 is 14.2 Å². The molecule has 1 N–H and O–H groups in total. The molecule has 1 heterocycles. The minimum absolute atomic E-state index is 0.0849. The molecule has 1 aromatic heterocycles. The van der Waals surface area contributed by atoms with Gasteiger partial charge in [-0.15, -0.1) is 0 Å². The monoisotopic (exact) mass is 339 g/mol. The first-order chi connectivity index (χ1) is 12.1. The molecule has 0 aliphatic carbocycles. The van der Waals surface area contributed by atoms with Gasteiger partial charge in [-0.25, -0.2) is 9.78 Å². The molecule has 2 aromatic carbocycles. The second-order valence-corrected chi connectivity index (χ2v) is 5.27. The zero-order chi connectivity index (χ0) is 18.0. The number of rotatable bonds is 5. The predicted octanol–water partition coefficient (Wildman–Crippen LogP) is 3.63. The molecule has 0 unspecified atom stereocenters. The van der Waals surface area contributed by atoms with Crippen LogP contribution in [0.3, 0.4) is 0 Å². The minimum Gasteiger partial charge on any atom is -0.493 e. The van der Waals surface area contributed by atoms with Gasteiger partial charge in [-0.2, -0.15) is 0 Å². The van der Waals surface area contributed by atoms with Gasteiger partial charge in [-0.3, -0.25) is 0 Å². The topological polar surface area (TPSA) is 77.9 Å². The first-order valence-corrected chi connectivity index (χ1v) is 7.53. The molecule has 0 fully saturated rings. The molecule has 128 valence electrons. The zero-order valence-corrected chi connectivity index (χ0v) is 14.1. The summed E-state index contributed by atoms with van der Waals surface area (Å²) in [5.41, 5.74) is 1.91. The smallest absolute Gasteiger partial charge is 0.336 e. The predicted molar refractivity (Wildman–Crippen MR) is 93.8 cm³/mol. The summed E-state index contributed by atoms with van der Waals surface area (Å²) in [5, 5.41) is 10.1. The van der Waals surface area contributed by atoms with Crippen molar-refractivity contribution < 1.29 is 24.1 Å². The van der Waals surface area contributed by atoms with E-state index >= 15 is 0 Å². The van der Waals surface area contributed by atoms with Crippen LogP contribution in [0.2, 0.25) is 0 Å². The number of carboxylic acid groups (broad SMARTS) is 1. The molecule has 0 saturated carbocycles. The number of ether oxygens (including phenoxy) is 3. The van der Waals surface area contributed by atoms with E-state index in [1.54, 1.807) is 6.07 Å². The lowest BCUT2D eigenvalue weighted by molar-refractivity contribution is 0.0698. The Morgan fingerprint density at radius 3 is 2.20 bits per heavy atom. The Kier molecular flexibility index (Phi) is 4.43. The first-order valence-electron chi connectivity index (χ1n) is 7.53. The third-order valence-corrected chi connectivity index (χ3v) is 3.90. The number of benzene rings is 2. The van der Waals surface area contributed by atoms with Crippen LogP contribution in [0.1, 0.15) is 10.4 Å². The van der Waals surface area contributed by atoms with E-state index in [4.69, 9.17) is 14.2 Å². The van der Waals surface area contributed by atoms with Crippen molar-refractivity contribution in [1.82, 2.24) is 4.98 Å². The summed E-state index contributed by atoms with van der Waals surface area (Å²) < 4.78 is 16.1. The van der Waals surface area contributed by atoms with Gasteiger partial charge in [0.05, 0.1) is 43.5 Å². The maximum absolute atomic E-state index is 11.9. The van der Waals surface area contributed by atoms with E-state index in [0.717, 1.165) is 5.56 Å². The average Bonchev–Trinajstić information content (AvgIpc) is 2.65. The van der Waals surface area contributed by atoms with Crippen LogP contribution in [0.4, 0.5) is 0 Å². The molecule has 0 bridgehead atoms. The highest BCUT2D eigenvalue weighted by atomic mass is 16.5. The number of carboxylic acids is 1. The molecule has 6 heteroatoms. The molecule has 0 aliphatic heterocycles. The number of aromatic carboxylic acids is 1. The van der Waals surface area contributed by atoms with Crippen LogP contribution in [0, 0.1) is 0 Å². The van der Waals surface area contributed by atoms with E-state index in [1.807, 2.05) is 30.3 Å². The Labute approximate surface area is 144 Å². The fourth-order valence-corrected chi connectivity index (χ4v) is 2.79. The van der Waals surface area contributed by atoms with Crippen LogP contribution in [-0.4, -0.2) is 37.4 Å². The quantitative estimate of drug-likeness (QED) is 0.765. The van der Waals surface area contributed by atoms with E-state index < -0.39 is 5.97 Å². The Hall–Kier alpha value is -3.28. The van der Waals surface area contributed by atoms with Gasteiger partial charge < -0.3 is 19.3 Å². The average molecular weight is 339 g/mol. The molecular weight excluding hydrogens is 322 g/mol. The van der Waals surface area contributed by atoms with E-state index in [2.05, 4.69) is 4.98 Å². The highest BCUT2D eigenvalue weighted by Gasteiger charge is 2.23. The van der Waals surface area contributed by atoms with Gasteiger partial charge >= 0.3 is 5.97 Å². The van der Waals surface area contributed by atoms with Crippen molar-refractivity contribution in [2.45, 2.75) is 0 Å². The van der Waals surface area contributed by atoms with E-state index in [1.165, 1.54) is 27.4 Å². The van der Waals surface area contributed by atoms with Crippen molar-refractivity contribution in [1.29, 1.82) is 0 Å². The molecule has 0 saturated heterocycles. The lowest BCUT2D eigenvalue weighted by Crippen LogP contribution is -2.04. The Morgan fingerprint density at radius 2 is 1.64 bits per heavy atom. The summed E-state index contributed by atoms with van der Waals surface area (Å²) in [5.74, 6) is -0.0494. The van der Waals surface area contributed by atoms with Gasteiger partial charge in [0.25, 0.3) is 0 Å². The van der Waals surface area contributed by atoms with Gasteiger partial charge in [0, 0.05) is 11.6 Å². The van der Waals surface area contributed by atoms with Crippen molar-refractivity contribution in [2.75, 3.05) is 21.3 Å². The molecule has 0 amide bonds. The van der Waals surface area contributed by atoms with Gasteiger partial charge in [0.1, 0.15) is 0 Å². The molecule has 0 aliphatic rings. The second kappa shape index (κ2) is 6.68. The third kappa shape index (κ3) is 2.82. The second-order valence-electron chi connectivity index (χ2n) is 5.27. The fraction of sp³-hybridized carbons (Fsp3) is 0.158. The van der Waals surface area contributed by atoms with Crippen molar-refractivity contribution in [3.8, 4) is 28.5 Å². The van der Waals surface area contributed by atoms with Crippen molar-refractivity contribution in [3.05, 3.63) is 48.0 Å². The van der Waals surface area contributed by atoms with E-state index in [0.29, 0.717) is 28.1 Å². The molecule has 25 heavy (non-hydrogen) atoms. The van der Waals surface area contributed by atoms with Crippen molar-refractivity contribution in [2.24, 2.45) is 0 Å². The van der Waals surface area contributed by atoms with Crippen LogP contribution in [0.25, 0.3) is 22.2 Å². The normalized spacial score (nSPS) is 10.5. The number of hydrogen-bond donors (Lipinski definition) is 1. The minimum atomic E-state index is -1.07. The lowest BCUT2D eigenvalue weighted by atomic mass is 10.0. The Balaban J connectivity index is 2.42. The van der Waals surface area contributed by atoms with Gasteiger partial charge in [-0.05, 0) is 6.07 Å². The van der Waals surface area contributed by atoms with Crippen LogP contribution >= 0.6 is 0 Å². The SMILES string of the molecule is COc1cc2nc(-c3ccccc3)cc(C(=O)O)c2c(OC)c1OC. The van der Waals surface area contributed by atoms with Crippen LogP contribution in [0.5, 0.6) is 17.2 Å². The standard InChI is InChI=1S/C19H17NO5/c1-23-15-10-14-16(18(25-3)17(15)24-2)12(19(21)22)9-13(20-14)11-7-5-4-6-8-11/h4-10H,1-3H3,(H,21,22). The van der Waals surface area contributed by atoms with Gasteiger partial charge in [0.15, 0.2) is 11.5 Å². The van der Waals surface area contributed by atoms with Crippen molar-refractivity contribution in [3.63, 3.8) is 0 Å². The number of aromatic nitrogens is 1. The summed E-state index contributed by atoms with van der Waals surface area (Å²) in [7, 11) is 4.42. The number of carbonyl (C=O) groups is 1. The number of pyridine rings is 1. The summed E-state index contributed by atoms with van der Waals surface area (Å²) in [4.78, 5) is 16.5. The van der Waals surface area contributed by atoms with Crippen LogP contribution in [0.15, 0.2) is 42.5 Å². The number of nitrogens with zero attached hydrogens (tertiary/aromatic N) is 1. The maximum Gasteiger partial charge on any atom is 0.336 e. The summed E-state index contributed by atoms with van der Waals surface area (Å²) >= 11 is 0. The zero-order valence-electron chi connectivity index (χ0n) is 14.1. The van der Waals surface area contributed by atoms with Gasteiger partial charge in [0.2, 0.25) is 5.75 Å². The van der Waals surface area contributed by atoms with Gasteiger partial charge in [-0.1, -0.05) is 30.3 Å². The highest BCUT2D eigenvalue weighted by Crippen LogP contribution is 2.44. The lowest BCUT2D eigenvalue weighted by Gasteiger charge is -2.16. The summed E-state index contributed by atoms with van der Waals surface area (Å²) in [6.07, 6.45) is 0. The highest BCUT2D eigenvalue weighted by molar-refractivity contribution is 6.08. The number of fused-ring (bicyclic) bond motifs is 1. The number of methoxy groups -OCH3 is 3. The van der Waals surface area contributed by atoms with E-state index in [-0.39, 0.29) is 11.3 Å². The van der Waals surface area contributed by atoms with E-state index in [9.17, 15) is 9.90 Å². The first kappa shape index (κ1) is 16.6. The van der Waals surface area contributed by atoms with Crippen molar-refractivity contribution >= 4 is 16.9 Å². The molecular formula is C19H17NO5. The molecule has 3 aromatic rings. The molecule has 6 nitrogen and oxygen atoms in total. The maximum atomic E-state index is 11.9. The molecule has 3 rings (SSSR count). The largest absolute Gasteiger partial charge is 0.493 e. The fourth-order valence-electron chi connectivity index (χ4n) is 2.79. The molecule has 0 radical (unpaired) electrons. The molecule has 0 atom stereocenters. The Bertz CT molecular complexity index is 938. The third-order valence-electron chi connectivity index (χ3n) is 3.90. The summed E-state index contributed by atoms with van der Waals surface area (Å²) in [6.45, 7) is 0. The van der Waals surface area contributed by atoms with Crippen LogP contribution in [-0.2, 0) is 0 Å².